The molecule has 76 valence electrons. The highest BCUT2D eigenvalue weighted by atomic mass is 16.4. The maximum absolute atomic E-state index is 10.7. The van der Waals surface area contributed by atoms with Crippen molar-refractivity contribution in [1.82, 2.24) is 0 Å². The first-order valence-corrected chi connectivity index (χ1v) is 4.87. The quantitative estimate of drug-likeness (QED) is 0.809. The van der Waals surface area contributed by atoms with Crippen LogP contribution in [0.5, 0.6) is 0 Å². The average molecular weight is 200 g/mol. The van der Waals surface area contributed by atoms with E-state index in [1.165, 1.54) is 0 Å². The minimum Gasteiger partial charge on any atom is -0.481 e. The Bertz CT molecular complexity index is 515. The second-order valence-corrected chi connectivity index (χ2v) is 3.71. The van der Waals surface area contributed by atoms with Crippen molar-refractivity contribution < 1.29 is 9.90 Å². The Kier molecular flexibility index (Phi) is 2.42. The summed E-state index contributed by atoms with van der Waals surface area (Å²) >= 11 is 0. The van der Waals surface area contributed by atoms with Gasteiger partial charge < -0.3 is 5.11 Å². The molecule has 2 heteroatoms. The third-order valence-corrected chi connectivity index (χ3v) is 2.47. The molecule has 0 aliphatic heterocycles. The fraction of sp³-hybridized carbons (Fsp3) is 0.154. The third kappa shape index (κ3) is 1.99. The lowest BCUT2D eigenvalue weighted by atomic mass is 10.0. The van der Waals surface area contributed by atoms with Gasteiger partial charge in [0.15, 0.2) is 0 Å². The summed E-state index contributed by atoms with van der Waals surface area (Å²) in [4.78, 5) is 10.7. The van der Waals surface area contributed by atoms with Crippen molar-refractivity contribution in [2.24, 2.45) is 0 Å². The van der Waals surface area contributed by atoms with Crippen LogP contribution in [-0.4, -0.2) is 11.1 Å². The summed E-state index contributed by atoms with van der Waals surface area (Å²) in [5, 5.41) is 10.9. The van der Waals surface area contributed by atoms with E-state index >= 15 is 0 Å². The Morgan fingerprint density at radius 2 is 2.07 bits per heavy atom. The van der Waals surface area contributed by atoms with Crippen molar-refractivity contribution in [1.29, 1.82) is 0 Å². The molecule has 0 saturated heterocycles. The normalized spacial score (nSPS) is 10.5. The smallest absolute Gasteiger partial charge is 0.307 e. The summed E-state index contributed by atoms with van der Waals surface area (Å²) in [6.45, 7) is 2.01. The van der Waals surface area contributed by atoms with E-state index in [0.717, 1.165) is 21.9 Å². The van der Waals surface area contributed by atoms with Gasteiger partial charge in [0.05, 0.1) is 6.42 Å². The zero-order valence-electron chi connectivity index (χ0n) is 8.53. The largest absolute Gasteiger partial charge is 0.481 e. The second-order valence-electron chi connectivity index (χ2n) is 3.71. The van der Waals surface area contributed by atoms with Crippen LogP contribution in [0.25, 0.3) is 10.8 Å². The van der Waals surface area contributed by atoms with Gasteiger partial charge in [0.25, 0.3) is 0 Å². The Labute approximate surface area is 88.2 Å². The Balaban J connectivity index is 2.63. The highest BCUT2D eigenvalue weighted by Gasteiger charge is 2.04. The van der Waals surface area contributed by atoms with E-state index in [9.17, 15) is 4.79 Å². The number of benzene rings is 2. The molecule has 0 aliphatic carbocycles. The topological polar surface area (TPSA) is 37.3 Å². The lowest BCUT2D eigenvalue weighted by Crippen LogP contribution is -2.00. The average Bonchev–Trinajstić information content (AvgIpc) is 2.18. The summed E-state index contributed by atoms with van der Waals surface area (Å²) in [6.07, 6.45) is 0.0841. The van der Waals surface area contributed by atoms with Crippen molar-refractivity contribution >= 4 is 16.7 Å². The van der Waals surface area contributed by atoms with Gasteiger partial charge in [0.2, 0.25) is 0 Å². The van der Waals surface area contributed by atoms with E-state index in [4.69, 9.17) is 5.11 Å². The molecule has 0 amide bonds. The number of aliphatic carboxylic acids is 1. The fourth-order valence-corrected chi connectivity index (χ4v) is 1.77. The molecule has 2 rings (SSSR count). The van der Waals surface area contributed by atoms with Gasteiger partial charge in [-0.1, -0.05) is 42.0 Å². The molecule has 0 heterocycles. The zero-order valence-corrected chi connectivity index (χ0v) is 8.53. The molecule has 2 aromatic carbocycles. The first-order chi connectivity index (χ1) is 7.16. The highest BCUT2D eigenvalue weighted by Crippen LogP contribution is 2.20. The van der Waals surface area contributed by atoms with Gasteiger partial charge >= 0.3 is 5.97 Å². The number of hydrogen-bond donors (Lipinski definition) is 1. The number of carboxylic acids is 1. The first-order valence-electron chi connectivity index (χ1n) is 4.87. The van der Waals surface area contributed by atoms with Crippen molar-refractivity contribution in [3.05, 3.63) is 47.5 Å². The van der Waals surface area contributed by atoms with Crippen molar-refractivity contribution in [2.75, 3.05) is 0 Å². The van der Waals surface area contributed by atoms with Crippen LogP contribution in [0.4, 0.5) is 0 Å². The van der Waals surface area contributed by atoms with E-state index in [-0.39, 0.29) is 6.42 Å². The maximum Gasteiger partial charge on any atom is 0.307 e. The van der Waals surface area contributed by atoms with Gasteiger partial charge in [-0.3, -0.25) is 4.79 Å². The molecule has 2 nitrogen and oxygen atoms in total. The van der Waals surface area contributed by atoms with E-state index in [2.05, 4.69) is 0 Å². The SMILES string of the molecule is Cc1ccc2cccc(CC(=O)O)c2c1. The third-order valence-electron chi connectivity index (χ3n) is 2.47. The Hall–Kier alpha value is -1.83. The van der Waals surface area contributed by atoms with E-state index in [0.29, 0.717) is 0 Å². The van der Waals surface area contributed by atoms with Crippen LogP contribution in [0.15, 0.2) is 36.4 Å². The number of fused-ring (bicyclic) bond motifs is 1. The highest BCUT2D eigenvalue weighted by molar-refractivity contribution is 5.89. The molecule has 15 heavy (non-hydrogen) atoms. The van der Waals surface area contributed by atoms with Crippen molar-refractivity contribution in [3.8, 4) is 0 Å². The monoisotopic (exact) mass is 200 g/mol. The lowest BCUT2D eigenvalue weighted by molar-refractivity contribution is -0.136. The molecule has 0 radical (unpaired) electrons. The van der Waals surface area contributed by atoms with Gasteiger partial charge in [-0.2, -0.15) is 0 Å². The standard InChI is InChI=1S/C13H12O2/c1-9-5-6-10-3-2-4-11(8-13(14)15)12(10)7-9/h2-7H,8H2,1H3,(H,14,15). The number of aryl methyl sites for hydroxylation is 1. The number of carbonyl (C=O) groups is 1. The Morgan fingerprint density at radius 1 is 1.27 bits per heavy atom. The molecule has 0 unspecified atom stereocenters. The summed E-state index contributed by atoms with van der Waals surface area (Å²) in [7, 11) is 0. The predicted molar refractivity (Wildman–Crippen MR) is 60.0 cm³/mol. The second kappa shape index (κ2) is 3.73. The minimum absolute atomic E-state index is 0.0841. The molecule has 0 aliphatic rings. The zero-order chi connectivity index (χ0) is 10.8. The number of rotatable bonds is 2. The van der Waals surface area contributed by atoms with E-state index in [1.807, 2.05) is 43.3 Å². The molecule has 0 saturated carbocycles. The van der Waals surface area contributed by atoms with Gasteiger partial charge in [-0.05, 0) is 23.3 Å². The molecular formula is C13H12O2. The molecule has 0 bridgehead atoms. The van der Waals surface area contributed by atoms with Crippen LogP contribution in [0.1, 0.15) is 11.1 Å². The summed E-state index contributed by atoms with van der Waals surface area (Å²) in [6, 6.07) is 11.9. The van der Waals surface area contributed by atoms with Crippen LogP contribution >= 0.6 is 0 Å². The molecule has 2 aromatic rings. The van der Waals surface area contributed by atoms with Crippen molar-refractivity contribution in [2.45, 2.75) is 13.3 Å². The van der Waals surface area contributed by atoms with Crippen LogP contribution in [0.3, 0.4) is 0 Å². The van der Waals surface area contributed by atoms with Crippen LogP contribution in [-0.2, 0) is 11.2 Å². The molecule has 0 fully saturated rings. The molecular weight excluding hydrogens is 188 g/mol. The molecule has 1 N–H and O–H groups in total. The number of carboxylic acid groups (broad SMARTS) is 1. The van der Waals surface area contributed by atoms with Gasteiger partial charge in [-0.25, -0.2) is 0 Å². The molecule has 0 spiro atoms. The van der Waals surface area contributed by atoms with E-state index in [1.54, 1.807) is 0 Å². The van der Waals surface area contributed by atoms with E-state index < -0.39 is 5.97 Å². The molecule has 0 aromatic heterocycles. The summed E-state index contributed by atoms with van der Waals surface area (Å²) in [5.74, 6) is -0.788. The van der Waals surface area contributed by atoms with Crippen LogP contribution < -0.4 is 0 Å². The van der Waals surface area contributed by atoms with Crippen molar-refractivity contribution in [3.63, 3.8) is 0 Å². The predicted octanol–water partition coefficient (Wildman–Crippen LogP) is 2.78. The number of hydrogen-bond acceptors (Lipinski definition) is 1. The van der Waals surface area contributed by atoms with Crippen LogP contribution in [0.2, 0.25) is 0 Å². The summed E-state index contributed by atoms with van der Waals surface area (Å²) in [5.41, 5.74) is 2.03. The molecule has 0 atom stereocenters. The lowest BCUT2D eigenvalue weighted by Gasteiger charge is -2.05. The Morgan fingerprint density at radius 3 is 2.80 bits per heavy atom. The van der Waals surface area contributed by atoms with Crippen LogP contribution in [0, 0.1) is 6.92 Å². The van der Waals surface area contributed by atoms with Gasteiger partial charge in [-0.15, -0.1) is 0 Å². The minimum atomic E-state index is -0.788. The fourth-order valence-electron chi connectivity index (χ4n) is 1.77. The maximum atomic E-state index is 10.7. The first kappa shape index (κ1) is 9.71. The van der Waals surface area contributed by atoms with Gasteiger partial charge in [0.1, 0.15) is 0 Å². The summed E-state index contributed by atoms with van der Waals surface area (Å²) < 4.78 is 0. The van der Waals surface area contributed by atoms with Gasteiger partial charge in [0, 0.05) is 0 Å².